The SMILES string of the molecule is COc1ccc(OC)c(N2CCOC(CO)C2=O)c1. The first-order valence-electron chi connectivity index (χ1n) is 5.97. The van der Waals surface area contributed by atoms with Gasteiger partial charge in [-0.3, -0.25) is 4.79 Å². The van der Waals surface area contributed by atoms with Gasteiger partial charge in [0.05, 0.1) is 33.1 Å². The number of carbonyl (C=O) groups excluding carboxylic acids is 1. The molecular weight excluding hydrogens is 250 g/mol. The number of nitrogens with zero attached hydrogens (tertiary/aromatic N) is 1. The summed E-state index contributed by atoms with van der Waals surface area (Å²) in [6, 6.07) is 5.23. The normalized spacial score (nSPS) is 19.4. The van der Waals surface area contributed by atoms with E-state index in [2.05, 4.69) is 0 Å². The molecule has 1 atom stereocenters. The van der Waals surface area contributed by atoms with Crippen molar-refractivity contribution < 1.29 is 24.1 Å². The zero-order chi connectivity index (χ0) is 13.8. The van der Waals surface area contributed by atoms with E-state index in [1.165, 1.54) is 0 Å². The van der Waals surface area contributed by atoms with Crippen molar-refractivity contribution in [3.8, 4) is 11.5 Å². The number of hydrogen-bond acceptors (Lipinski definition) is 5. The van der Waals surface area contributed by atoms with Crippen LogP contribution in [0.15, 0.2) is 18.2 Å². The van der Waals surface area contributed by atoms with Crippen LogP contribution in [0.3, 0.4) is 0 Å². The molecule has 0 aromatic heterocycles. The average Bonchev–Trinajstić information content (AvgIpc) is 2.47. The van der Waals surface area contributed by atoms with Gasteiger partial charge in [-0.05, 0) is 12.1 Å². The number of morpholine rings is 1. The van der Waals surface area contributed by atoms with Crippen molar-refractivity contribution in [1.82, 2.24) is 0 Å². The maximum Gasteiger partial charge on any atom is 0.258 e. The number of carbonyl (C=O) groups is 1. The largest absolute Gasteiger partial charge is 0.497 e. The molecule has 6 heteroatoms. The summed E-state index contributed by atoms with van der Waals surface area (Å²) >= 11 is 0. The molecule has 19 heavy (non-hydrogen) atoms. The second kappa shape index (κ2) is 5.90. The summed E-state index contributed by atoms with van der Waals surface area (Å²) in [4.78, 5) is 13.7. The zero-order valence-electron chi connectivity index (χ0n) is 11.0. The van der Waals surface area contributed by atoms with Gasteiger partial charge >= 0.3 is 0 Å². The fourth-order valence-electron chi connectivity index (χ4n) is 2.02. The highest BCUT2D eigenvalue weighted by Gasteiger charge is 2.31. The Labute approximate surface area is 111 Å². The van der Waals surface area contributed by atoms with E-state index in [1.54, 1.807) is 37.3 Å². The Hall–Kier alpha value is -1.79. The Kier molecular flexibility index (Phi) is 4.24. The molecule has 0 saturated carbocycles. The third-order valence-electron chi connectivity index (χ3n) is 3.02. The van der Waals surface area contributed by atoms with Gasteiger partial charge in [-0.1, -0.05) is 0 Å². The van der Waals surface area contributed by atoms with Gasteiger partial charge in [0, 0.05) is 12.6 Å². The van der Waals surface area contributed by atoms with Gasteiger partial charge in [-0.15, -0.1) is 0 Å². The highest BCUT2D eigenvalue weighted by Crippen LogP contribution is 2.33. The van der Waals surface area contributed by atoms with Crippen molar-refractivity contribution in [1.29, 1.82) is 0 Å². The van der Waals surface area contributed by atoms with E-state index in [0.717, 1.165) is 0 Å². The fraction of sp³-hybridized carbons (Fsp3) is 0.462. The number of aliphatic hydroxyl groups is 1. The summed E-state index contributed by atoms with van der Waals surface area (Å²) in [5, 5.41) is 9.12. The van der Waals surface area contributed by atoms with E-state index in [4.69, 9.17) is 19.3 Å². The minimum atomic E-state index is -0.815. The second-order valence-electron chi connectivity index (χ2n) is 4.07. The molecule has 0 aliphatic carbocycles. The third kappa shape index (κ3) is 2.64. The van der Waals surface area contributed by atoms with Crippen LogP contribution in [0.25, 0.3) is 0 Å². The lowest BCUT2D eigenvalue weighted by Crippen LogP contribution is -2.49. The van der Waals surface area contributed by atoms with Crippen molar-refractivity contribution in [3.05, 3.63) is 18.2 Å². The van der Waals surface area contributed by atoms with Crippen molar-refractivity contribution >= 4 is 11.6 Å². The van der Waals surface area contributed by atoms with Crippen LogP contribution in [-0.2, 0) is 9.53 Å². The zero-order valence-corrected chi connectivity index (χ0v) is 11.0. The average molecular weight is 267 g/mol. The van der Waals surface area contributed by atoms with Gasteiger partial charge in [0.1, 0.15) is 11.5 Å². The van der Waals surface area contributed by atoms with Crippen molar-refractivity contribution in [3.63, 3.8) is 0 Å². The summed E-state index contributed by atoms with van der Waals surface area (Å²) in [5.74, 6) is 0.934. The molecule has 1 aromatic rings. The number of rotatable bonds is 4. The number of methoxy groups -OCH3 is 2. The van der Waals surface area contributed by atoms with Crippen molar-refractivity contribution in [2.45, 2.75) is 6.10 Å². The minimum Gasteiger partial charge on any atom is -0.497 e. The Bertz CT molecular complexity index is 462. The number of benzene rings is 1. The summed E-state index contributed by atoms with van der Waals surface area (Å²) in [6.07, 6.45) is -0.815. The van der Waals surface area contributed by atoms with Crippen LogP contribution in [0, 0.1) is 0 Å². The number of hydrogen-bond donors (Lipinski definition) is 1. The number of amides is 1. The standard InChI is InChI=1S/C13H17NO5/c1-17-9-3-4-11(18-2)10(7-9)14-5-6-19-12(8-15)13(14)16/h3-4,7,12,15H,5-6,8H2,1-2H3. The lowest BCUT2D eigenvalue weighted by atomic mass is 10.2. The molecule has 1 aliphatic heterocycles. The quantitative estimate of drug-likeness (QED) is 0.856. The van der Waals surface area contributed by atoms with Crippen LogP contribution >= 0.6 is 0 Å². The first kappa shape index (κ1) is 13.6. The van der Waals surface area contributed by atoms with Crippen LogP contribution in [0.4, 0.5) is 5.69 Å². The maximum atomic E-state index is 12.2. The molecule has 1 fully saturated rings. The van der Waals surface area contributed by atoms with Gasteiger partial charge in [0.15, 0.2) is 6.10 Å². The number of aliphatic hydroxyl groups excluding tert-OH is 1. The second-order valence-corrected chi connectivity index (χ2v) is 4.07. The predicted molar refractivity (Wildman–Crippen MR) is 68.7 cm³/mol. The molecule has 6 nitrogen and oxygen atoms in total. The molecule has 2 rings (SSSR count). The highest BCUT2D eigenvalue weighted by atomic mass is 16.5. The van der Waals surface area contributed by atoms with Crippen LogP contribution in [-0.4, -0.2) is 51.1 Å². The molecular formula is C13H17NO5. The Balaban J connectivity index is 2.36. The van der Waals surface area contributed by atoms with Gasteiger partial charge in [-0.25, -0.2) is 0 Å². The van der Waals surface area contributed by atoms with E-state index in [1.807, 2.05) is 0 Å². The number of ether oxygens (including phenoxy) is 3. The van der Waals surface area contributed by atoms with Gasteiger partial charge in [-0.2, -0.15) is 0 Å². The third-order valence-corrected chi connectivity index (χ3v) is 3.02. The molecule has 1 aromatic carbocycles. The topological polar surface area (TPSA) is 68.2 Å². The van der Waals surface area contributed by atoms with E-state index in [-0.39, 0.29) is 12.5 Å². The Morgan fingerprint density at radius 3 is 2.84 bits per heavy atom. The monoisotopic (exact) mass is 267 g/mol. The Morgan fingerprint density at radius 1 is 1.42 bits per heavy atom. The molecule has 104 valence electrons. The van der Waals surface area contributed by atoms with Crippen LogP contribution < -0.4 is 14.4 Å². The van der Waals surface area contributed by atoms with E-state index in [9.17, 15) is 4.79 Å². The summed E-state index contributed by atoms with van der Waals surface area (Å²) < 4.78 is 15.6. The molecule has 1 N–H and O–H groups in total. The van der Waals surface area contributed by atoms with Crippen LogP contribution in [0.2, 0.25) is 0 Å². The molecule has 1 amide bonds. The molecule has 1 unspecified atom stereocenters. The summed E-state index contributed by atoms with van der Waals surface area (Å²) in [5.41, 5.74) is 0.619. The van der Waals surface area contributed by atoms with Crippen LogP contribution in [0.5, 0.6) is 11.5 Å². The van der Waals surface area contributed by atoms with E-state index in [0.29, 0.717) is 30.3 Å². The predicted octanol–water partition coefficient (Wildman–Crippen LogP) is 0.428. The van der Waals surface area contributed by atoms with E-state index < -0.39 is 6.10 Å². The fourth-order valence-corrected chi connectivity index (χ4v) is 2.02. The summed E-state index contributed by atoms with van der Waals surface area (Å²) in [6.45, 7) is 0.456. The Morgan fingerprint density at radius 2 is 2.21 bits per heavy atom. The molecule has 0 bridgehead atoms. The van der Waals surface area contributed by atoms with Gasteiger partial charge in [0.2, 0.25) is 0 Å². The molecule has 1 heterocycles. The first-order chi connectivity index (χ1) is 9.21. The van der Waals surface area contributed by atoms with Crippen molar-refractivity contribution in [2.75, 3.05) is 38.9 Å². The van der Waals surface area contributed by atoms with E-state index >= 15 is 0 Å². The first-order valence-corrected chi connectivity index (χ1v) is 5.97. The molecule has 0 radical (unpaired) electrons. The summed E-state index contributed by atoms with van der Waals surface area (Å²) in [7, 11) is 3.10. The highest BCUT2D eigenvalue weighted by molar-refractivity contribution is 5.98. The lowest BCUT2D eigenvalue weighted by Gasteiger charge is -2.32. The smallest absolute Gasteiger partial charge is 0.258 e. The molecule has 1 saturated heterocycles. The molecule has 1 aliphatic rings. The van der Waals surface area contributed by atoms with Gasteiger partial charge < -0.3 is 24.2 Å². The minimum absolute atomic E-state index is 0.277. The maximum absolute atomic E-state index is 12.2. The molecule has 0 spiro atoms. The van der Waals surface area contributed by atoms with Gasteiger partial charge in [0.25, 0.3) is 5.91 Å². The van der Waals surface area contributed by atoms with Crippen molar-refractivity contribution in [2.24, 2.45) is 0 Å². The lowest BCUT2D eigenvalue weighted by molar-refractivity contribution is -0.136. The van der Waals surface area contributed by atoms with Crippen LogP contribution in [0.1, 0.15) is 0 Å². The number of anilines is 1.